The maximum absolute atomic E-state index is 11.0. The largest absolute Gasteiger partial charge is 0.477 e. The van der Waals surface area contributed by atoms with Gasteiger partial charge in [-0.3, -0.25) is 9.80 Å². The van der Waals surface area contributed by atoms with E-state index in [9.17, 15) is 4.79 Å². The number of aromatic carboxylic acids is 1. The van der Waals surface area contributed by atoms with Crippen LogP contribution in [0.2, 0.25) is 0 Å². The number of carboxylic acid groups (broad SMARTS) is 1. The van der Waals surface area contributed by atoms with Crippen LogP contribution >= 0.6 is 11.3 Å². The number of nitrogens with zero attached hydrogens (tertiary/aromatic N) is 2. The highest BCUT2D eigenvalue weighted by atomic mass is 32.1. The predicted octanol–water partition coefficient (Wildman–Crippen LogP) is 0.556. The molecule has 5 nitrogen and oxygen atoms in total. The lowest BCUT2D eigenvalue weighted by Gasteiger charge is -2.34. The molecule has 0 atom stereocenters. The molecule has 0 saturated carbocycles. The monoisotopic (exact) mass is 270 g/mol. The highest BCUT2D eigenvalue weighted by molar-refractivity contribution is 7.12. The van der Waals surface area contributed by atoms with Crippen LogP contribution in [-0.2, 0) is 6.54 Å². The van der Waals surface area contributed by atoms with Gasteiger partial charge in [-0.2, -0.15) is 0 Å². The summed E-state index contributed by atoms with van der Waals surface area (Å²) < 4.78 is 0. The molecular weight excluding hydrogens is 252 g/mol. The summed E-state index contributed by atoms with van der Waals surface area (Å²) in [7, 11) is 0. The zero-order valence-electron chi connectivity index (χ0n) is 10.2. The molecule has 18 heavy (non-hydrogen) atoms. The Labute approximate surface area is 110 Å². The molecule has 1 aromatic rings. The summed E-state index contributed by atoms with van der Waals surface area (Å²) in [6.45, 7) is 5.36. The van der Waals surface area contributed by atoms with Crippen molar-refractivity contribution in [3.63, 3.8) is 0 Å². The Bertz CT molecular complexity index is 400. The molecule has 0 spiro atoms. The van der Waals surface area contributed by atoms with Gasteiger partial charge in [-0.15, -0.1) is 11.3 Å². The molecule has 100 valence electrons. The SMILES string of the molecule is O=C(O)c1sccc1CN1CCN(CCO)CC1. The van der Waals surface area contributed by atoms with Gasteiger partial charge < -0.3 is 10.2 Å². The van der Waals surface area contributed by atoms with Gasteiger partial charge in [0.1, 0.15) is 4.88 Å². The highest BCUT2D eigenvalue weighted by Gasteiger charge is 2.19. The number of carbonyl (C=O) groups is 1. The van der Waals surface area contributed by atoms with Crippen molar-refractivity contribution in [3.05, 3.63) is 21.9 Å². The summed E-state index contributed by atoms with van der Waals surface area (Å²) in [5, 5.41) is 19.8. The summed E-state index contributed by atoms with van der Waals surface area (Å²) in [6.07, 6.45) is 0. The molecule has 6 heteroatoms. The Morgan fingerprint density at radius 2 is 1.94 bits per heavy atom. The van der Waals surface area contributed by atoms with E-state index in [1.54, 1.807) is 0 Å². The maximum Gasteiger partial charge on any atom is 0.346 e. The first-order valence-electron chi connectivity index (χ1n) is 6.06. The van der Waals surface area contributed by atoms with E-state index in [0.29, 0.717) is 11.4 Å². The number of aliphatic hydroxyl groups is 1. The fourth-order valence-corrected chi connectivity index (χ4v) is 2.95. The number of hydrogen-bond acceptors (Lipinski definition) is 5. The number of hydrogen-bond donors (Lipinski definition) is 2. The van der Waals surface area contributed by atoms with Crippen molar-refractivity contribution in [3.8, 4) is 0 Å². The molecule has 1 aliphatic rings. The number of β-amino-alcohol motifs (C(OH)–C–C–N with tert-alkyl or cyclic N) is 1. The van der Waals surface area contributed by atoms with Crippen molar-refractivity contribution < 1.29 is 15.0 Å². The minimum Gasteiger partial charge on any atom is -0.477 e. The van der Waals surface area contributed by atoms with E-state index in [1.807, 2.05) is 11.4 Å². The third-order valence-electron chi connectivity index (χ3n) is 3.22. The average molecular weight is 270 g/mol. The van der Waals surface area contributed by atoms with Gasteiger partial charge >= 0.3 is 5.97 Å². The van der Waals surface area contributed by atoms with Crippen LogP contribution < -0.4 is 0 Å². The third-order valence-corrected chi connectivity index (χ3v) is 4.16. The molecular formula is C12H18N2O3S. The normalized spacial score (nSPS) is 18.1. The Morgan fingerprint density at radius 3 is 2.56 bits per heavy atom. The van der Waals surface area contributed by atoms with Gasteiger partial charge in [0, 0.05) is 39.3 Å². The molecule has 1 saturated heterocycles. The summed E-state index contributed by atoms with van der Waals surface area (Å²) >= 11 is 1.29. The van der Waals surface area contributed by atoms with Crippen LogP contribution in [0.3, 0.4) is 0 Å². The smallest absolute Gasteiger partial charge is 0.346 e. The first-order chi connectivity index (χ1) is 8.70. The molecule has 0 bridgehead atoms. The molecule has 2 N–H and O–H groups in total. The highest BCUT2D eigenvalue weighted by Crippen LogP contribution is 2.19. The van der Waals surface area contributed by atoms with Gasteiger partial charge in [-0.1, -0.05) is 0 Å². The van der Waals surface area contributed by atoms with E-state index < -0.39 is 5.97 Å². The topological polar surface area (TPSA) is 64.0 Å². The molecule has 0 aromatic carbocycles. The minimum atomic E-state index is -0.834. The van der Waals surface area contributed by atoms with E-state index in [4.69, 9.17) is 10.2 Å². The fraction of sp³-hybridized carbons (Fsp3) is 0.583. The third kappa shape index (κ3) is 3.29. The molecule has 2 rings (SSSR count). The van der Waals surface area contributed by atoms with E-state index in [-0.39, 0.29) is 6.61 Å². The van der Waals surface area contributed by atoms with E-state index in [1.165, 1.54) is 11.3 Å². The quantitative estimate of drug-likeness (QED) is 0.818. The van der Waals surface area contributed by atoms with Crippen LogP contribution in [0.1, 0.15) is 15.2 Å². The molecule has 2 heterocycles. The molecule has 0 radical (unpaired) electrons. The summed E-state index contributed by atoms with van der Waals surface area (Å²) in [4.78, 5) is 16.0. The van der Waals surface area contributed by atoms with Gasteiger partial charge in [0.25, 0.3) is 0 Å². The molecule has 0 amide bonds. The Morgan fingerprint density at radius 1 is 1.28 bits per heavy atom. The zero-order chi connectivity index (χ0) is 13.0. The maximum atomic E-state index is 11.0. The number of carboxylic acids is 1. The molecule has 1 fully saturated rings. The van der Waals surface area contributed by atoms with Gasteiger partial charge in [0.15, 0.2) is 0 Å². The van der Waals surface area contributed by atoms with Crippen molar-refractivity contribution in [2.45, 2.75) is 6.54 Å². The Balaban J connectivity index is 1.88. The van der Waals surface area contributed by atoms with Crippen LogP contribution in [-0.4, -0.2) is 65.3 Å². The number of aliphatic hydroxyl groups excluding tert-OH is 1. The van der Waals surface area contributed by atoms with Crippen LogP contribution in [0, 0.1) is 0 Å². The predicted molar refractivity (Wildman–Crippen MR) is 70.1 cm³/mol. The van der Waals surface area contributed by atoms with Crippen LogP contribution in [0.4, 0.5) is 0 Å². The van der Waals surface area contributed by atoms with Crippen LogP contribution in [0.25, 0.3) is 0 Å². The van der Waals surface area contributed by atoms with Crippen molar-refractivity contribution in [2.24, 2.45) is 0 Å². The van der Waals surface area contributed by atoms with Gasteiger partial charge in [-0.05, 0) is 17.0 Å². The van der Waals surface area contributed by atoms with Crippen molar-refractivity contribution >= 4 is 17.3 Å². The summed E-state index contributed by atoms with van der Waals surface area (Å²) in [6, 6.07) is 1.90. The summed E-state index contributed by atoms with van der Waals surface area (Å²) in [5.41, 5.74) is 0.906. The molecule has 1 aromatic heterocycles. The second-order valence-corrected chi connectivity index (χ2v) is 5.34. The molecule has 0 unspecified atom stereocenters. The fourth-order valence-electron chi connectivity index (χ4n) is 2.20. The van der Waals surface area contributed by atoms with Gasteiger partial charge in [0.05, 0.1) is 6.61 Å². The van der Waals surface area contributed by atoms with Gasteiger partial charge in [0.2, 0.25) is 0 Å². The average Bonchev–Trinajstić information content (AvgIpc) is 2.80. The van der Waals surface area contributed by atoms with Crippen LogP contribution in [0.15, 0.2) is 11.4 Å². The van der Waals surface area contributed by atoms with Crippen LogP contribution in [0.5, 0.6) is 0 Å². The minimum absolute atomic E-state index is 0.202. The van der Waals surface area contributed by atoms with Gasteiger partial charge in [-0.25, -0.2) is 4.79 Å². The van der Waals surface area contributed by atoms with E-state index in [0.717, 1.165) is 38.3 Å². The lowest BCUT2D eigenvalue weighted by atomic mass is 10.2. The Kier molecular flexibility index (Phi) is 4.71. The number of piperazine rings is 1. The lowest BCUT2D eigenvalue weighted by Crippen LogP contribution is -2.46. The lowest BCUT2D eigenvalue weighted by molar-refractivity contribution is 0.0697. The van der Waals surface area contributed by atoms with E-state index >= 15 is 0 Å². The first-order valence-corrected chi connectivity index (χ1v) is 6.94. The summed E-state index contributed by atoms with van der Waals surface area (Å²) in [5.74, 6) is -0.834. The molecule has 0 aliphatic carbocycles. The standard InChI is InChI=1S/C12H18N2O3S/c15-7-6-13-2-4-14(5-3-13)9-10-1-8-18-11(10)12(16)17/h1,8,15H,2-7,9H2,(H,16,17). The second kappa shape index (κ2) is 6.29. The number of rotatable bonds is 5. The molecule has 1 aliphatic heterocycles. The van der Waals surface area contributed by atoms with Crippen molar-refractivity contribution in [1.82, 2.24) is 9.80 Å². The van der Waals surface area contributed by atoms with E-state index in [2.05, 4.69) is 9.80 Å². The van der Waals surface area contributed by atoms with Crippen molar-refractivity contribution in [2.75, 3.05) is 39.3 Å². The van der Waals surface area contributed by atoms with Crippen molar-refractivity contribution in [1.29, 1.82) is 0 Å². The first kappa shape index (κ1) is 13.5. The number of thiophene rings is 1. The Hall–Kier alpha value is -0.950. The zero-order valence-corrected chi connectivity index (χ0v) is 11.0. The second-order valence-electron chi connectivity index (χ2n) is 4.42.